The molecule has 0 amide bonds. The third-order valence-corrected chi connectivity index (χ3v) is 8.41. The summed E-state index contributed by atoms with van der Waals surface area (Å²) in [6, 6.07) is 25.9. The van der Waals surface area contributed by atoms with Crippen LogP contribution in [-0.4, -0.2) is 66.4 Å². The van der Waals surface area contributed by atoms with Crippen molar-refractivity contribution >= 4 is 11.8 Å². The summed E-state index contributed by atoms with van der Waals surface area (Å²) >= 11 is 0. The van der Waals surface area contributed by atoms with Gasteiger partial charge in [-0.1, -0.05) is 68.4 Å². The van der Waals surface area contributed by atoms with Crippen LogP contribution in [0.1, 0.15) is 36.8 Å². The number of nitrogens with two attached hydrogens (primary N) is 1. The number of anilines is 1. The van der Waals surface area contributed by atoms with E-state index in [-0.39, 0.29) is 5.82 Å². The molecule has 0 spiro atoms. The zero-order chi connectivity index (χ0) is 33.0. The van der Waals surface area contributed by atoms with E-state index in [1.807, 2.05) is 78.9 Å². The Kier molecular flexibility index (Phi) is 9.76. The van der Waals surface area contributed by atoms with Gasteiger partial charge in [0.15, 0.2) is 6.23 Å². The summed E-state index contributed by atoms with van der Waals surface area (Å²) in [6.07, 6.45) is -4.47. The van der Waals surface area contributed by atoms with Gasteiger partial charge in [0, 0.05) is 13.3 Å². The van der Waals surface area contributed by atoms with E-state index < -0.39 is 53.6 Å². The molecule has 3 aromatic carbocycles. The second-order valence-electron chi connectivity index (χ2n) is 11.4. The summed E-state index contributed by atoms with van der Waals surface area (Å²) < 4.78 is 30.9. The number of hydrogen-bond acceptors (Lipinski definition) is 10. The van der Waals surface area contributed by atoms with Crippen molar-refractivity contribution < 1.29 is 33.6 Å². The van der Waals surface area contributed by atoms with E-state index in [4.69, 9.17) is 29.4 Å². The molecule has 4 aromatic rings. The van der Waals surface area contributed by atoms with Gasteiger partial charge in [-0.25, -0.2) is 4.79 Å². The second kappa shape index (κ2) is 13.7. The lowest BCUT2D eigenvalue weighted by molar-refractivity contribution is -0.171. The monoisotopic (exact) mass is 629 g/mol. The highest BCUT2D eigenvalue weighted by atomic mass is 16.6. The number of nitrogen functional groups attached to an aromatic ring is 1. The number of methoxy groups -OCH3 is 3. The minimum Gasteiger partial charge on any atom is -0.497 e. The van der Waals surface area contributed by atoms with Crippen molar-refractivity contribution in [2.75, 3.05) is 27.1 Å². The standard InChI is InChI=1S/C35H39N3O8/c1-21(2)33(40)46-31(29-28(39)30(44-5)32(45-29)38-20-19-27(36)37-34(38)41)35(22-9-7-6-8-10-22,23-11-15-25(42-3)16-12-23)24-13-17-26(43-4)18-14-24/h6-21,28-32,39H,1-5H3,(H2,36,37,41)/t28-,29+,30-,31?,32-/m1/s1. The van der Waals surface area contributed by atoms with Crippen LogP contribution in [0.2, 0.25) is 0 Å². The molecule has 0 bridgehead atoms. The Morgan fingerprint density at radius 1 is 0.891 bits per heavy atom. The molecule has 0 aliphatic carbocycles. The minimum atomic E-state index is -1.36. The van der Waals surface area contributed by atoms with Gasteiger partial charge in [-0.05, 0) is 47.0 Å². The first-order valence-corrected chi connectivity index (χ1v) is 14.9. The highest BCUT2D eigenvalue weighted by Gasteiger charge is 2.58. The number of esters is 1. The normalized spacial score (nSPS) is 20.3. The molecule has 46 heavy (non-hydrogen) atoms. The van der Waals surface area contributed by atoms with Crippen LogP contribution in [0, 0.1) is 5.92 Å². The smallest absolute Gasteiger partial charge is 0.351 e. The van der Waals surface area contributed by atoms with Crippen molar-refractivity contribution in [1.29, 1.82) is 0 Å². The molecule has 5 rings (SSSR count). The minimum absolute atomic E-state index is 0.0381. The fraction of sp³-hybridized carbons (Fsp3) is 0.343. The zero-order valence-corrected chi connectivity index (χ0v) is 26.4. The molecular formula is C35H39N3O8. The quantitative estimate of drug-likeness (QED) is 0.186. The molecule has 1 aliphatic heterocycles. The van der Waals surface area contributed by atoms with E-state index in [1.54, 1.807) is 28.1 Å². The number of benzene rings is 3. The van der Waals surface area contributed by atoms with Crippen molar-refractivity contribution in [1.82, 2.24) is 9.55 Å². The van der Waals surface area contributed by atoms with Crippen LogP contribution in [-0.2, 0) is 24.4 Å². The van der Waals surface area contributed by atoms with Crippen molar-refractivity contribution in [3.8, 4) is 11.5 Å². The summed E-state index contributed by atoms with van der Waals surface area (Å²) in [6.45, 7) is 3.47. The maximum absolute atomic E-state index is 13.6. The number of nitrogens with zero attached hydrogens (tertiary/aromatic N) is 2. The Labute approximate surface area is 267 Å². The van der Waals surface area contributed by atoms with Gasteiger partial charge in [0.2, 0.25) is 0 Å². The molecule has 1 saturated heterocycles. The second-order valence-corrected chi connectivity index (χ2v) is 11.4. The Morgan fingerprint density at radius 2 is 1.43 bits per heavy atom. The zero-order valence-electron chi connectivity index (χ0n) is 26.4. The molecule has 5 atom stereocenters. The molecule has 3 N–H and O–H groups in total. The topological polar surface area (TPSA) is 144 Å². The van der Waals surface area contributed by atoms with Gasteiger partial charge in [-0.3, -0.25) is 9.36 Å². The Bertz CT molecular complexity index is 1630. The van der Waals surface area contributed by atoms with Gasteiger partial charge in [0.25, 0.3) is 0 Å². The lowest BCUT2D eigenvalue weighted by Crippen LogP contribution is -2.55. The summed E-state index contributed by atoms with van der Waals surface area (Å²) in [7, 11) is 4.57. The summed E-state index contributed by atoms with van der Waals surface area (Å²) in [5.74, 6) is 0.272. The summed E-state index contributed by atoms with van der Waals surface area (Å²) in [4.78, 5) is 30.4. The number of rotatable bonds is 11. The average Bonchev–Trinajstić information content (AvgIpc) is 3.40. The van der Waals surface area contributed by atoms with Crippen molar-refractivity contribution in [3.63, 3.8) is 0 Å². The molecular weight excluding hydrogens is 590 g/mol. The number of carbonyl (C=O) groups excluding carboxylic acids is 1. The Morgan fingerprint density at radius 3 is 1.91 bits per heavy atom. The molecule has 0 radical (unpaired) electrons. The van der Waals surface area contributed by atoms with Crippen LogP contribution in [0.25, 0.3) is 0 Å². The van der Waals surface area contributed by atoms with E-state index in [2.05, 4.69) is 4.98 Å². The third-order valence-electron chi connectivity index (χ3n) is 8.41. The van der Waals surface area contributed by atoms with Crippen LogP contribution in [0.3, 0.4) is 0 Å². The van der Waals surface area contributed by atoms with E-state index in [0.717, 1.165) is 16.7 Å². The maximum atomic E-state index is 13.6. The maximum Gasteiger partial charge on any atom is 0.351 e. The van der Waals surface area contributed by atoms with Gasteiger partial charge >= 0.3 is 11.7 Å². The number of aliphatic hydroxyl groups excluding tert-OH is 1. The number of ether oxygens (including phenoxy) is 5. The lowest BCUT2D eigenvalue weighted by atomic mass is 9.63. The fourth-order valence-corrected chi connectivity index (χ4v) is 6.09. The number of carbonyl (C=O) groups is 1. The van der Waals surface area contributed by atoms with Crippen LogP contribution >= 0.6 is 0 Å². The lowest BCUT2D eigenvalue weighted by Gasteiger charge is -2.44. The molecule has 1 aliphatic rings. The van der Waals surface area contributed by atoms with E-state index in [0.29, 0.717) is 11.5 Å². The van der Waals surface area contributed by atoms with Crippen LogP contribution in [0.5, 0.6) is 11.5 Å². The van der Waals surface area contributed by atoms with E-state index >= 15 is 0 Å². The molecule has 11 nitrogen and oxygen atoms in total. The fourth-order valence-electron chi connectivity index (χ4n) is 6.09. The number of hydrogen-bond donors (Lipinski definition) is 2. The van der Waals surface area contributed by atoms with Gasteiger partial charge in [0.05, 0.1) is 25.6 Å². The van der Waals surface area contributed by atoms with Crippen LogP contribution in [0.15, 0.2) is 95.9 Å². The van der Waals surface area contributed by atoms with Gasteiger partial charge < -0.3 is 34.5 Å². The highest BCUT2D eigenvalue weighted by molar-refractivity contribution is 5.72. The van der Waals surface area contributed by atoms with E-state index in [9.17, 15) is 14.7 Å². The molecule has 2 heterocycles. The highest BCUT2D eigenvalue weighted by Crippen LogP contribution is 2.49. The molecule has 242 valence electrons. The Hall–Kier alpha value is -4.71. The van der Waals surface area contributed by atoms with Gasteiger partial charge in [0.1, 0.15) is 41.7 Å². The SMILES string of the molecule is COc1ccc(C(c2ccccc2)(c2ccc(OC)cc2)C(OC(=O)C(C)C)[C@H]2O[C@@H](n3ccc(N)nc3=O)[C@H](OC)[C@@H]2O)cc1. The first-order chi connectivity index (χ1) is 22.1. The largest absolute Gasteiger partial charge is 0.497 e. The predicted octanol–water partition coefficient (Wildman–Crippen LogP) is 3.72. The first kappa shape index (κ1) is 32.7. The van der Waals surface area contributed by atoms with Gasteiger partial charge in [-0.15, -0.1) is 0 Å². The summed E-state index contributed by atoms with van der Waals surface area (Å²) in [5.41, 5.74) is 6.01. The van der Waals surface area contributed by atoms with Crippen molar-refractivity contribution in [2.24, 2.45) is 5.92 Å². The van der Waals surface area contributed by atoms with Crippen LogP contribution < -0.4 is 20.9 Å². The Balaban J connectivity index is 1.82. The molecule has 1 unspecified atom stereocenters. The predicted molar refractivity (Wildman–Crippen MR) is 171 cm³/mol. The first-order valence-electron chi connectivity index (χ1n) is 14.9. The number of aromatic nitrogens is 2. The number of aliphatic hydroxyl groups is 1. The van der Waals surface area contributed by atoms with Crippen molar-refractivity contribution in [3.05, 3.63) is 118 Å². The van der Waals surface area contributed by atoms with Crippen molar-refractivity contribution in [2.45, 2.75) is 49.9 Å². The van der Waals surface area contributed by atoms with Crippen LogP contribution in [0.4, 0.5) is 5.82 Å². The molecule has 1 aromatic heterocycles. The van der Waals surface area contributed by atoms with E-state index in [1.165, 1.54) is 23.9 Å². The molecule has 1 fully saturated rings. The summed E-state index contributed by atoms with van der Waals surface area (Å²) in [5, 5.41) is 12.0. The average molecular weight is 630 g/mol. The molecule has 11 heteroatoms. The molecule has 0 saturated carbocycles. The third kappa shape index (κ3) is 5.96. The van der Waals surface area contributed by atoms with Gasteiger partial charge in [-0.2, -0.15) is 4.98 Å².